The fourth-order valence-corrected chi connectivity index (χ4v) is 2.36. The molecule has 0 saturated heterocycles. The molecule has 4 heteroatoms. The SMILES string of the molecule is COc1cc(CNC(C)C)cc(OC)c1OCC1CCC1. The lowest BCUT2D eigenvalue weighted by atomic mass is 9.86. The lowest BCUT2D eigenvalue weighted by molar-refractivity contribution is 0.171. The van der Waals surface area contributed by atoms with Gasteiger partial charge in [0.2, 0.25) is 5.75 Å². The van der Waals surface area contributed by atoms with E-state index in [1.165, 1.54) is 19.3 Å². The summed E-state index contributed by atoms with van der Waals surface area (Å²) in [6, 6.07) is 4.48. The van der Waals surface area contributed by atoms with E-state index in [9.17, 15) is 0 Å². The lowest BCUT2D eigenvalue weighted by Gasteiger charge is -2.26. The summed E-state index contributed by atoms with van der Waals surface area (Å²) in [6.45, 7) is 5.79. The van der Waals surface area contributed by atoms with Crippen LogP contribution >= 0.6 is 0 Å². The zero-order valence-corrected chi connectivity index (χ0v) is 13.6. The third kappa shape index (κ3) is 4.27. The Hall–Kier alpha value is -1.42. The molecule has 0 radical (unpaired) electrons. The quantitative estimate of drug-likeness (QED) is 0.797. The van der Waals surface area contributed by atoms with Gasteiger partial charge in [-0.05, 0) is 36.5 Å². The maximum atomic E-state index is 5.96. The highest BCUT2D eigenvalue weighted by Crippen LogP contribution is 2.39. The fraction of sp³-hybridized carbons (Fsp3) is 0.647. The van der Waals surface area contributed by atoms with Crippen molar-refractivity contribution < 1.29 is 14.2 Å². The van der Waals surface area contributed by atoms with E-state index in [4.69, 9.17) is 14.2 Å². The van der Waals surface area contributed by atoms with Gasteiger partial charge in [-0.25, -0.2) is 0 Å². The molecule has 1 saturated carbocycles. The predicted molar refractivity (Wildman–Crippen MR) is 84.4 cm³/mol. The van der Waals surface area contributed by atoms with Crippen molar-refractivity contribution in [3.63, 3.8) is 0 Å². The molecule has 4 nitrogen and oxygen atoms in total. The topological polar surface area (TPSA) is 39.7 Å². The van der Waals surface area contributed by atoms with Crippen LogP contribution in [0.15, 0.2) is 12.1 Å². The third-order valence-electron chi connectivity index (χ3n) is 3.92. The molecule has 1 aliphatic carbocycles. The summed E-state index contributed by atoms with van der Waals surface area (Å²) in [7, 11) is 3.34. The Morgan fingerprint density at radius 2 is 1.76 bits per heavy atom. The first kappa shape index (κ1) is 16.0. The minimum Gasteiger partial charge on any atom is -0.493 e. The van der Waals surface area contributed by atoms with E-state index >= 15 is 0 Å². The standard InChI is InChI=1S/C17H27NO3/c1-12(2)18-10-14-8-15(19-3)17(16(9-14)20-4)21-11-13-6-5-7-13/h8-9,12-13,18H,5-7,10-11H2,1-4H3. The Labute approximate surface area is 127 Å². The number of hydrogen-bond donors (Lipinski definition) is 1. The molecule has 0 aliphatic heterocycles. The summed E-state index contributed by atoms with van der Waals surface area (Å²) < 4.78 is 16.9. The molecule has 1 aromatic rings. The van der Waals surface area contributed by atoms with Crippen LogP contribution in [0.1, 0.15) is 38.7 Å². The van der Waals surface area contributed by atoms with Crippen LogP contribution in [0.5, 0.6) is 17.2 Å². The van der Waals surface area contributed by atoms with Crippen molar-refractivity contribution in [1.29, 1.82) is 0 Å². The van der Waals surface area contributed by atoms with Crippen LogP contribution in [0.25, 0.3) is 0 Å². The van der Waals surface area contributed by atoms with Crippen molar-refractivity contribution in [2.24, 2.45) is 5.92 Å². The number of ether oxygens (including phenoxy) is 3. The maximum absolute atomic E-state index is 5.96. The van der Waals surface area contributed by atoms with Crippen molar-refractivity contribution in [2.75, 3.05) is 20.8 Å². The molecule has 0 heterocycles. The van der Waals surface area contributed by atoms with Crippen LogP contribution in [0.4, 0.5) is 0 Å². The summed E-state index contributed by atoms with van der Waals surface area (Å²) in [5.41, 5.74) is 1.13. The van der Waals surface area contributed by atoms with Gasteiger partial charge in [0.15, 0.2) is 11.5 Å². The van der Waals surface area contributed by atoms with E-state index in [1.807, 2.05) is 12.1 Å². The highest BCUT2D eigenvalue weighted by molar-refractivity contribution is 5.53. The Bertz CT molecular complexity index is 430. The van der Waals surface area contributed by atoms with Gasteiger partial charge in [-0.1, -0.05) is 20.3 Å². The summed E-state index contributed by atoms with van der Waals surface area (Å²) in [5.74, 6) is 2.89. The molecule has 0 bridgehead atoms. The molecule has 1 aliphatic rings. The average molecular weight is 293 g/mol. The van der Waals surface area contributed by atoms with Crippen molar-refractivity contribution >= 4 is 0 Å². The Morgan fingerprint density at radius 3 is 2.19 bits per heavy atom. The Morgan fingerprint density at radius 1 is 1.14 bits per heavy atom. The molecule has 0 spiro atoms. The van der Waals surface area contributed by atoms with Crippen molar-refractivity contribution in [3.8, 4) is 17.2 Å². The lowest BCUT2D eigenvalue weighted by Crippen LogP contribution is -2.22. The summed E-state index contributed by atoms with van der Waals surface area (Å²) in [5, 5.41) is 3.40. The predicted octanol–water partition coefficient (Wildman–Crippen LogP) is 3.38. The van der Waals surface area contributed by atoms with Crippen LogP contribution in [-0.2, 0) is 6.54 Å². The van der Waals surface area contributed by atoms with E-state index in [-0.39, 0.29) is 0 Å². The molecule has 1 fully saturated rings. The second-order valence-electron chi connectivity index (χ2n) is 5.97. The average Bonchev–Trinajstić information content (AvgIpc) is 2.43. The molecule has 2 rings (SSSR count). The number of rotatable bonds is 8. The van der Waals surface area contributed by atoms with E-state index < -0.39 is 0 Å². The van der Waals surface area contributed by atoms with Crippen molar-refractivity contribution in [2.45, 2.75) is 45.7 Å². The van der Waals surface area contributed by atoms with Crippen molar-refractivity contribution in [3.05, 3.63) is 17.7 Å². The summed E-state index contributed by atoms with van der Waals surface area (Å²) in [6.07, 6.45) is 3.85. The monoisotopic (exact) mass is 293 g/mol. The highest BCUT2D eigenvalue weighted by atomic mass is 16.5. The highest BCUT2D eigenvalue weighted by Gasteiger charge is 2.21. The normalized spacial score (nSPS) is 14.9. The van der Waals surface area contributed by atoms with Crippen LogP contribution in [0, 0.1) is 5.92 Å². The van der Waals surface area contributed by atoms with E-state index in [1.54, 1.807) is 14.2 Å². The molecular formula is C17H27NO3. The van der Waals surface area contributed by atoms with Crippen LogP contribution < -0.4 is 19.5 Å². The first-order valence-corrected chi connectivity index (χ1v) is 7.75. The van der Waals surface area contributed by atoms with E-state index in [0.717, 1.165) is 36.0 Å². The Kier molecular flexibility index (Phi) is 5.74. The molecule has 0 unspecified atom stereocenters. The van der Waals surface area contributed by atoms with Gasteiger partial charge < -0.3 is 19.5 Å². The largest absolute Gasteiger partial charge is 0.493 e. The molecule has 0 aromatic heterocycles. The van der Waals surface area contributed by atoms with Gasteiger partial charge in [-0.2, -0.15) is 0 Å². The molecule has 118 valence electrons. The molecule has 0 amide bonds. The van der Waals surface area contributed by atoms with Crippen LogP contribution in [0.2, 0.25) is 0 Å². The van der Waals surface area contributed by atoms with Gasteiger partial charge in [0.05, 0.1) is 20.8 Å². The number of methoxy groups -OCH3 is 2. The number of hydrogen-bond acceptors (Lipinski definition) is 4. The maximum Gasteiger partial charge on any atom is 0.203 e. The molecular weight excluding hydrogens is 266 g/mol. The van der Waals surface area contributed by atoms with Crippen LogP contribution in [0.3, 0.4) is 0 Å². The van der Waals surface area contributed by atoms with Crippen LogP contribution in [-0.4, -0.2) is 26.9 Å². The van der Waals surface area contributed by atoms with Crippen molar-refractivity contribution in [1.82, 2.24) is 5.32 Å². The van der Waals surface area contributed by atoms with Gasteiger partial charge in [0.1, 0.15) is 0 Å². The first-order valence-electron chi connectivity index (χ1n) is 7.75. The third-order valence-corrected chi connectivity index (χ3v) is 3.92. The smallest absolute Gasteiger partial charge is 0.203 e. The number of benzene rings is 1. The number of nitrogens with one attached hydrogen (secondary N) is 1. The van der Waals surface area contributed by atoms with Gasteiger partial charge >= 0.3 is 0 Å². The minimum absolute atomic E-state index is 0.441. The second kappa shape index (κ2) is 7.55. The zero-order valence-electron chi connectivity index (χ0n) is 13.6. The van der Waals surface area contributed by atoms with Gasteiger partial charge in [-0.3, -0.25) is 0 Å². The summed E-state index contributed by atoms with van der Waals surface area (Å²) >= 11 is 0. The molecule has 21 heavy (non-hydrogen) atoms. The van der Waals surface area contributed by atoms with Gasteiger partial charge in [-0.15, -0.1) is 0 Å². The van der Waals surface area contributed by atoms with E-state index in [0.29, 0.717) is 12.0 Å². The second-order valence-corrected chi connectivity index (χ2v) is 5.97. The fourth-order valence-electron chi connectivity index (χ4n) is 2.36. The van der Waals surface area contributed by atoms with E-state index in [2.05, 4.69) is 19.2 Å². The Balaban J connectivity index is 2.12. The molecule has 0 atom stereocenters. The molecule has 1 aromatic carbocycles. The van der Waals surface area contributed by atoms with Gasteiger partial charge in [0, 0.05) is 12.6 Å². The minimum atomic E-state index is 0.441. The first-order chi connectivity index (χ1) is 10.1. The molecule has 1 N–H and O–H groups in total. The zero-order chi connectivity index (χ0) is 15.2. The summed E-state index contributed by atoms with van der Waals surface area (Å²) in [4.78, 5) is 0. The van der Waals surface area contributed by atoms with Gasteiger partial charge in [0.25, 0.3) is 0 Å².